The molecule has 0 aromatic carbocycles. The molecular formula is C14H19N3O2S2. The summed E-state index contributed by atoms with van der Waals surface area (Å²) < 4.78 is 5.58. The minimum absolute atomic E-state index is 0.0380. The number of thiophene rings is 1. The molecule has 2 aromatic heterocycles. The molecule has 1 atom stereocenters. The summed E-state index contributed by atoms with van der Waals surface area (Å²) >= 11 is 2.90. The maximum absolute atomic E-state index is 12.0. The predicted octanol–water partition coefficient (Wildman–Crippen LogP) is 3.23. The lowest BCUT2D eigenvalue weighted by Gasteiger charge is -2.11. The highest BCUT2D eigenvalue weighted by Crippen LogP contribution is 2.27. The van der Waals surface area contributed by atoms with Crippen LogP contribution in [0, 0.1) is 0 Å². The molecule has 0 saturated carbocycles. The fourth-order valence-electron chi connectivity index (χ4n) is 1.50. The Morgan fingerprint density at radius 2 is 2.24 bits per heavy atom. The number of hydrogen-bond acceptors (Lipinski definition) is 6. The molecule has 2 aromatic rings. The topological polar surface area (TPSA) is 68.0 Å². The first-order chi connectivity index (χ1) is 9.86. The van der Waals surface area contributed by atoms with Gasteiger partial charge in [-0.2, -0.15) is 0 Å². The molecule has 1 N–H and O–H groups in total. The predicted molar refractivity (Wildman–Crippen MR) is 84.5 cm³/mol. The first-order valence-electron chi connectivity index (χ1n) is 6.67. The minimum atomic E-state index is -0.279. The molecule has 0 bridgehead atoms. The van der Waals surface area contributed by atoms with E-state index in [1.54, 1.807) is 11.3 Å². The van der Waals surface area contributed by atoms with Gasteiger partial charge in [0.1, 0.15) is 0 Å². The summed E-state index contributed by atoms with van der Waals surface area (Å²) in [5.41, 5.74) is -0.184. The van der Waals surface area contributed by atoms with Crippen molar-refractivity contribution in [1.29, 1.82) is 0 Å². The van der Waals surface area contributed by atoms with E-state index in [9.17, 15) is 4.79 Å². The molecule has 7 heteroatoms. The number of aromatic nitrogens is 2. The molecule has 5 nitrogen and oxygen atoms in total. The van der Waals surface area contributed by atoms with Crippen molar-refractivity contribution in [2.75, 3.05) is 0 Å². The summed E-state index contributed by atoms with van der Waals surface area (Å²) in [5.74, 6) is 0.542. The van der Waals surface area contributed by atoms with E-state index in [0.717, 1.165) is 4.88 Å². The average molecular weight is 325 g/mol. The SMILES string of the molecule is CC(Sc1nnc(C(C)(C)C)o1)C(=O)NCc1cccs1. The van der Waals surface area contributed by atoms with Gasteiger partial charge in [-0.1, -0.05) is 38.6 Å². The number of nitrogens with zero attached hydrogens (tertiary/aromatic N) is 2. The van der Waals surface area contributed by atoms with Gasteiger partial charge in [-0.25, -0.2) is 0 Å². The molecule has 0 fully saturated rings. The van der Waals surface area contributed by atoms with E-state index >= 15 is 0 Å². The molecule has 2 heterocycles. The molecule has 0 aliphatic carbocycles. The highest BCUT2D eigenvalue weighted by atomic mass is 32.2. The number of hydrogen-bond donors (Lipinski definition) is 1. The lowest BCUT2D eigenvalue weighted by Crippen LogP contribution is -2.30. The van der Waals surface area contributed by atoms with E-state index in [0.29, 0.717) is 17.7 Å². The fourth-order valence-corrected chi connectivity index (χ4v) is 2.85. The van der Waals surface area contributed by atoms with Gasteiger partial charge in [-0.05, 0) is 18.4 Å². The fraction of sp³-hybridized carbons (Fsp3) is 0.500. The number of rotatable bonds is 5. The van der Waals surface area contributed by atoms with E-state index in [1.807, 2.05) is 45.2 Å². The quantitative estimate of drug-likeness (QED) is 0.855. The maximum Gasteiger partial charge on any atom is 0.277 e. The van der Waals surface area contributed by atoms with Crippen molar-refractivity contribution < 1.29 is 9.21 Å². The molecule has 2 rings (SSSR count). The van der Waals surface area contributed by atoms with E-state index in [4.69, 9.17) is 4.42 Å². The third-order valence-electron chi connectivity index (χ3n) is 2.71. The van der Waals surface area contributed by atoms with Crippen LogP contribution >= 0.6 is 23.1 Å². The Hall–Kier alpha value is -1.34. The smallest absolute Gasteiger partial charge is 0.277 e. The Labute approximate surface area is 132 Å². The summed E-state index contributed by atoms with van der Waals surface area (Å²) in [6.45, 7) is 8.40. The summed E-state index contributed by atoms with van der Waals surface area (Å²) in [5, 5.41) is 13.0. The Kier molecular flexibility index (Phi) is 5.05. The van der Waals surface area contributed by atoms with Crippen LogP contribution < -0.4 is 5.32 Å². The van der Waals surface area contributed by atoms with Gasteiger partial charge in [0, 0.05) is 10.3 Å². The van der Waals surface area contributed by atoms with Crippen LogP contribution in [0.3, 0.4) is 0 Å². The van der Waals surface area contributed by atoms with Gasteiger partial charge in [0.25, 0.3) is 5.22 Å². The highest BCUT2D eigenvalue weighted by molar-refractivity contribution is 8.00. The molecular weight excluding hydrogens is 306 g/mol. The number of amides is 1. The second kappa shape index (κ2) is 6.62. The zero-order chi connectivity index (χ0) is 15.5. The van der Waals surface area contributed by atoms with Crippen molar-refractivity contribution in [2.24, 2.45) is 0 Å². The van der Waals surface area contributed by atoms with Crippen LogP contribution in [-0.2, 0) is 16.8 Å². The zero-order valence-electron chi connectivity index (χ0n) is 12.5. The van der Waals surface area contributed by atoms with Gasteiger partial charge in [0.05, 0.1) is 11.8 Å². The van der Waals surface area contributed by atoms with Crippen molar-refractivity contribution in [3.63, 3.8) is 0 Å². The first kappa shape index (κ1) is 16.0. The Morgan fingerprint density at radius 1 is 1.48 bits per heavy atom. The van der Waals surface area contributed by atoms with Crippen molar-refractivity contribution in [3.05, 3.63) is 28.3 Å². The molecule has 21 heavy (non-hydrogen) atoms. The van der Waals surface area contributed by atoms with Crippen molar-refractivity contribution in [2.45, 2.75) is 50.1 Å². The van der Waals surface area contributed by atoms with Crippen LogP contribution in [0.15, 0.2) is 27.2 Å². The van der Waals surface area contributed by atoms with E-state index < -0.39 is 0 Å². The number of carbonyl (C=O) groups excluding carboxylic acids is 1. The van der Waals surface area contributed by atoms with Gasteiger partial charge < -0.3 is 9.73 Å². The van der Waals surface area contributed by atoms with Crippen LogP contribution in [-0.4, -0.2) is 21.4 Å². The van der Waals surface area contributed by atoms with Crippen LogP contribution in [0.4, 0.5) is 0 Å². The molecule has 0 saturated heterocycles. The molecule has 1 unspecified atom stereocenters. The molecule has 0 aliphatic heterocycles. The van der Waals surface area contributed by atoms with Gasteiger partial charge in [0.15, 0.2) is 0 Å². The van der Waals surface area contributed by atoms with Crippen LogP contribution in [0.2, 0.25) is 0 Å². The van der Waals surface area contributed by atoms with Crippen molar-refractivity contribution >= 4 is 29.0 Å². The Bertz CT molecular complexity index is 588. The normalized spacial score (nSPS) is 13.1. The van der Waals surface area contributed by atoms with Crippen molar-refractivity contribution in [3.8, 4) is 0 Å². The van der Waals surface area contributed by atoms with Gasteiger partial charge in [0.2, 0.25) is 11.8 Å². The average Bonchev–Trinajstić information content (AvgIpc) is 3.05. The van der Waals surface area contributed by atoms with Crippen LogP contribution in [0.5, 0.6) is 0 Å². The van der Waals surface area contributed by atoms with Gasteiger partial charge in [-0.15, -0.1) is 21.5 Å². The minimum Gasteiger partial charge on any atom is -0.415 e. The van der Waals surface area contributed by atoms with E-state index in [-0.39, 0.29) is 16.6 Å². The summed E-state index contributed by atoms with van der Waals surface area (Å²) in [6.07, 6.45) is 0. The lowest BCUT2D eigenvalue weighted by molar-refractivity contribution is -0.120. The molecule has 1 amide bonds. The monoisotopic (exact) mass is 325 g/mol. The summed E-state index contributed by atoms with van der Waals surface area (Å²) in [7, 11) is 0. The lowest BCUT2D eigenvalue weighted by atomic mass is 9.97. The maximum atomic E-state index is 12.0. The Balaban J connectivity index is 1.87. The van der Waals surface area contributed by atoms with Crippen molar-refractivity contribution in [1.82, 2.24) is 15.5 Å². The van der Waals surface area contributed by atoms with Crippen LogP contribution in [0.25, 0.3) is 0 Å². The largest absolute Gasteiger partial charge is 0.415 e. The molecule has 0 spiro atoms. The second-order valence-electron chi connectivity index (χ2n) is 5.68. The highest BCUT2D eigenvalue weighted by Gasteiger charge is 2.23. The molecule has 0 radical (unpaired) electrons. The summed E-state index contributed by atoms with van der Waals surface area (Å²) in [6, 6.07) is 3.97. The number of nitrogens with one attached hydrogen (secondary N) is 1. The van der Waals surface area contributed by atoms with Gasteiger partial charge >= 0.3 is 0 Å². The summed E-state index contributed by atoms with van der Waals surface area (Å²) in [4.78, 5) is 13.2. The van der Waals surface area contributed by atoms with E-state index in [1.165, 1.54) is 11.8 Å². The third-order valence-corrected chi connectivity index (χ3v) is 4.52. The Morgan fingerprint density at radius 3 is 2.81 bits per heavy atom. The van der Waals surface area contributed by atoms with Gasteiger partial charge in [-0.3, -0.25) is 4.79 Å². The molecule has 0 aliphatic rings. The van der Waals surface area contributed by atoms with E-state index in [2.05, 4.69) is 15.5 Å². The number of thioether (sulfide) groups is 1. The zero-order valence-corrected chi connectivity index (χ0v) is 14.2. The third kappa shape index (κ3) is 4.57. The standard InChI is InChI=1S/C14H19N3O2S2/c1-9(11(18)15-8-10-6-5-7-20-10)21-13-17-16-12(19-13)14(2,3)4/h5-7,9H,8H2,1-4H3,(H,15,18). The number of carbonyl (C=O) groups is 1. The van der Waals surface area contributed by atoms with Crippen LogP contribution in [0.1, 0.15) is 38.5 Å². The second-order valence-corrected chi connectivity index (χ2v) is 8.00. The first-order valence-corrected chi connectivity index (χ1v) is 8.43. The molecule has 114 valence electrons.